The molecule has 1 saturated carbocycles. The summed E-state index contributed by atoms with van der Waals surface area (Å²) in [5.74, 6) is -0.914. The number of benzene rings is 1. The zero-order valence-corrected chi connectivity index (χ0v) is 18.2. The third kappa shape index (κ3) is 5.87. The van der Waals surface area contributed by atoms with Crippen LogP contribution >= 0.6 is 0 Å². The first-order valence-corrected chi connectivity index (χ1v) is 10.2. The molecule has 2 aromatic rings. The van der Waals surface area contributed by atoms with Crippen molar-refractivity contribution in [2.75, 3.05) is 0 Å². The van der Waals surface area contributed by atoms with Crippen LogP contribution in [0.15, 0.2) is 51.9 Å². The Morgan fingerprint density at radius 1 is 1.16 bits per heavy atom. The molecule has 1 aliphatic carbocycles. The van der Waals surface area contributed by atoms with Crippen LogP contribution in [0.2, 0.25) is 0 Å². The fraction of sp³-hybridized carbons (Fsp3) is 0.435. The van der Waals surface area contributed by atoms with Crippen LogP contribution < -0.4 is 20.8 Å². The zero-order valence-electron chi connectivity index (χ0n) is 18.2. The highest BCUT2D eigenvalue weighted by Crippen LogP contribution is 2.39. The SMILES string of the molecule is C[C@H](NC(=O)OC(C)(C)C)C1(NC(=O)c2occc(=O)c2OCc2ccccc2)CC1. The number of hydrogen-bond donors (Lipinski definition) is 2. The van der Waals surface area contributed by atoms with Crippen molar-refractivity contribution in [3.63, 3.8) is 0 Å². The van der Waals surface area contributed by atoms with E-state index in [0.29, 0.717) is 12.8 Å². The minimum Gasteiger partial charge on any atom is -0.481 e. The molecular weight excluding hydrogens is 400 g/mol. The molecule has 8 nitrogen and oxygen atoms in total. The quantitative estimate of drug-likeness (QED) is 0.700. The normalized spacial score (nSPS) is 15.5. The summed E-state index contributed by atoms with van der Waals surface area (Å²) in [4.78, 5) is 37.3. The van der Waals surface area contributed by atoms with E-state index in [1.165, 1.54) is 6.07 Å². The van der Waals surface area contributed by atoms with Crippen molar-refractivity contribution in [2.24, 2.45) is 0 Å². The van der Waals surface area contributed by atoms with E-state index in [9.17, 15) is 14.4 Å². The molecule has 1 atom stereocenters. The summed E-state index contributed by atoms with van der Waals surface area (Å²) in [6, 6.07) is 10.1. The number of hydrogen-bond acceptors (Lipinski definition) is 6. The Morgan fingerprint density at radius 3 is 2.45 bits per heavy atom. The predicted molar refractivity (Wildman–Crippen MR) is 114 cm³/mol. The van der Waals surface area contributed by atoms with Crippen molar-refractivity contribution in [1.82, 2.24) is 10.6 Å². The molecule has 0 aliphatic heterocycles. The van der Waals surface area contributed by atoms with Gasteiger partial charge in [-0.25, -0.2) is 4.79 Å². The minimum absolute atomic E-state index is 0.123. The average Bonchev–Trinajstić information content (AvgIpc) is 3.47. The Kier molecular flexibility index (Phi) is 6.38. The van der Waals surface area contributed by atoms with Crippen molar-refractivity contribution in [2.45, 2.75) is 64.3 Å². The van der Waals surface area contributed by atoms with Gasteiger partial charge in [0, 0.05) is 6.07 Å². The van der Waals surface area contributed by atoms with E-state index >= 15 is 0 Å². The molecule has 0 spiro atoms. The van der Waals surface area contributed by atoms with Crippen LogP contribution in [0.3, 0.4) is 0 Å². The number of carbonyl (C=O) groups is 2. The standard InChI is InChI=1S/C23H28N2O6/c1-15(24-21(28)31-22(2,3)4)23(11-12-23)25-20(27)19-18(17(26)10-13-29-19)30-14-16-8-6-5-7-9-16/h5-10,13,15H,11-12,14H2,1-4H3,(H,24,28)(H,25,27)/t15-/m0/s1. The lowest BCUT2D eigenvalue weighted by molar-refractivity contribution is 0.0489. The van der Waals surface area contributed by atoms with E-state index < -0.39 is 28.6 Å². The number of amides is 2. The molecule has 3 rings (SSSR count). The van der Waals surface area contributed by atoms with E-state index in [4.69, 9.17) is 13.9 Å². The van der Waals surface area contributed by atoms with E-state index in [-0.39, 0.29) is 24.2 Å². The van der Waals surface area contributed by atoms with E-state index in [2.05, 4.69) is 10.6 Å². The number of carbonyl (C=O) groups excluding carboxylic acids is 2. The smallest absolute Gasteiger partial charge is 0.407 e. The lowest BCUT2D eigenvalue weighted by Crippen LogP contribution is -2.53. The molecule has 8 heteroatoms. The number of ether oxygens (including phenoxy) is 2. The first kappa shape index (κ1) is 22.4. The van der Waals surface area contributed by atoms with Gasteiger partial charge in [0.05, 0.1) is 17.8 Å². The highest BCUT2D eigenvalue weighted by Gasteiger charge is 2.50. The van der Waals surface area contributed by atoms with Crippen LogP contribution in [-0.4, -0.2) is 29.2 Å². The second-order valence-corrected chi connectivity index (χ2v) is 8.70. The van der Waals surface area contributed by atoms with Crippen molar-refractivity contribution < 1.29 is 23.5 Å². The number of rotatable bonds is 7. The van der Waals surface area contributed by atoms with Crippen LogP contribution in [-0.2, 0) is 11.3 Å². The molecule has 31 heavy (non-hydrogen) atoms. The fourth-order valence-electron chi connectivity index (χ4n) is 3.13. The molecule has 1 aliphatic rings. The van der Waals surface area contributed by atoms with Crippen LogP contribution in [0.5, 0.6) is 5.75 Å². The Bertz CT molecular complexity index is 989. The first-order chi connectivity index (χ1) is 14.6. The fourth-order valence-corrected chi connectivity index (χ4v) is 3.13. The van der Waals surface area contributed by atoms with Gasteiger partial charge in [0.25, 0.3) is 5.91 Å². The summed E-state index contributed by atoms with van der Waals surface area (Å²) in [6.07, 6.45) is 1.95. The van der Waals surface area contributed by atoms with E-state index in [1.807, 2.05) is 30.3 Å². The molecule has 0 bridgehead atoms. The van der Waals surface area contributed by atoms with Gasteiger partial charge < -0.3 is 24.5 Å². The zero-order chi connectivity index (χ0) is 22.6. The second-order valence-electron chi connectivity index (χ2n) is 8.70. The Labute approximate surface area is 180 Å². The van der Waals surface area contributed by atoms with Crippen molar-refractivity contribution in [3.05, 3.63) is 64.2 Å². The van der Waals surface area contributed by atoms with Crippen LogP contribution in [0.4, 0.5) is 4.79 Å². The van der Waals surface area contributed by atoms with Crippen LogP contribution in [0.1, 0.15) is 56.7 Å². The third-order valence-corrected chi connectivity index (χ3v) is 4.98. The summed E-state index contributed by atoms with van der Waals surface area (Å²) in [7, 11) is 0. The minimum atomic E-state index is -0.640. The molecule has 0 unspecified atom stereocenters. The molecule has 166 valence electrons. The Balaban J connectivity index is 1.69. The van der Waals surface area contributed by atoms with Gasteiger partial charge in [-0.2, -0.15) is 0 Å². The molecule has 2 N–H and O–H groups in total. The van der Waals surface area contributed by atoms with Gasteiger partial charge >= 0.3 is 6.09 Å². The van der Waals surface area contributed by atoms with Gasteiger partial charge in [0.15, 0.2) is 0 Å². The highest BCUT2D eigenvalue weighted by molar-refractivity contribution is 5.94. The molecule has 1 aromatic carbocycles. The highest BCUT2D eigenvalue weighted by atomic mass is 16.6. The van der Waals surface area contributed by atoms with Gasteiger partial charge in [-0.3, -0.25) is 9.59 Å². The lowest BCUT2D eigenvalue weighted by Gasteiger charge is -2.27. The van der Waals surface area contributed by atoms with Gasteiger partial charge in [0.1, 0.15) is 12.2 Å². The van der Waals surface area contributed by atoms with Crippen molar-refractivity contribution in [1.29, 1.82) is 0 Å². The van der Waals surface area contributed by atoms with E-state index in [0.717, 1.165) is 11.8 Å². The van der Waals surface area contributed by atoms with Crippen LogP contribution in [0.25, 0.3) is 0 Å². The van der Waals surface area contributed by atoms with Crippen molar-refractivity contribution in [3.8, 4) is 5.75 Å². The maximum Gasteiger partial charge on any atom is 0.407 e. The summed E-state index contributed by atoms with van der Waals surface area (Å²) >= 11 is 0. The summed E-state index contributed by atoms with van der Waals surface area (Å²) < 4.78 is 16.3. The first-order valence-electron chi connectivity index (χ1n) is 10.2. The molecule has 1 fully saturated rings. The van der Waals surface area contributed by atoms with Gasteiger partial charge in [-0.15, -0.1) is 0 Å². The Morgan fingerprint density at radius 2 is 1.84 bits per heavy atom. The number of alkyl carbamates (subject to hydrolysis) is 1. The second kappa shape index (κ2) is 8.83. The predicted octanol–water partition coefficient (Wildman–Crippen LogP) is 3.39. The monoisotopic (exact) mass is 428 g/mol. The average molecular weight is 428 g/mol. The molecule has 1 heterocycles. The van der Waals surface area contributed by atoms with Gasteiger partial charge in [-0.1, -0.05) is 30.3 Å². The Hall–Kier alpha value is -3.29. The molecular formula is C23H28N2O6. The molecule has 0 saturated heterocycles. The summed E-state index contributed by atoms with van der Waals surface area (Å²) in [5, 5.41) is 5.66. The van der Waals surface area contributed by atoms with E-state index in [1.54, 1.807) is 27.7 Å². The summed E-state index contributed by atoms with van der Waals surface area (Å²) in [6.45, 7) is 7.25. The maximum atomic E-state index is 12.9. The van der Waals surface area contributed by atoms with Gasteiger partial charge in [0.2, 0.25) is 16.9 Å². The summed E-state index contributed by atoms with van der Waals surface area (Å²) in [5.41, 5.74) is -0.857. The largest absolute Gasteiger partial charge is 0.481 e. The maximum absolute atomic E-state index is 12.9. The molecule has 1 aromatic heterocycles. The van der Waals surface area contributed by atoms with Crippen molar-refractivity contribution >= 4 is 12.0 Å². The van der Waals surface area contributed by atoms with Gasteiger partial charge in [-0.05, 0) is 46.1 Å². The lowest BCUT2D eigenvalue weighted by atomic mass is 10.1. The van der Waals surface area contributed by atoms with Crippen LogP contribution in [0, 0.1) is 0 Å². The molecule has 2 amide bonds. The number of nitrogens with one attached hydrogen (secondary N) is 2. The molecule has 0 radical (unpaired) electrons. The topological polar surface area (TPSA) is 107 Å². The third-order valence-electron chi connectivity index (χ3n) is 4.98.